The molecule has 0 saturated heterocycles. The maximum Gasteiger partial charge on any atom is 0.127 e. The van der Waals surface area contributed by atoms with Gasteiger partial charge in [-0.05, 0) is 25.3 Å². The van der Waals surface area contributed by atoms with Crippen LogP contribution in [-0.4, -0.2) is 17.6 Å². The molecule has 14 heavy (non-hydrogen) atoms. The van der Waals surface area contributed by atoms with E-state index in [1.54, 1.807) is 0 Å². The van der Waals surface area contributed by atoms with Gasteiger partial charge in [0.15, 0.2) is 0 Å². The van der Waals surface area contributed by atoms with Gasteiger partial charge >= 0.3 is 0 Å². The van der Waals surface area contributed by atoms with E-state index in [9.17, 15) is 0 Å². The van der Waals surface area contributed by atoms with Crippen LogP contribution in [0.25, 0.3) is 0 Å². The quantitative estimate of drug-likeness (QED) is 0.767. The van der Waals surface area contributed by atoms with Gasteiger partial charge in [-0.15, -0.1) is 0 Å². The number of hydrogen-bond donors (Lipinski definition) is 2. The summed E-state index contributed by atoms with van der Waals surface area (Å²) in [6, 6.07) is 4.76. The summed E-state index contributed by atoms with van der Waals surface area (Å²) in [5.41, 5.74) is 1.17. The fourth-order valence-electron chi connectivity index (χ4n) is 1.54. The first kappa shape index (κ1) is 9.31. The lowest BCUT2D eigenvalue weighted by molar-refractivity contribution is 0.929. The minimum Gasteiger partial charge on any atom is -0.382 e. The highest BCUT2D eigenvalue weighted by atomic mass is 15.0. The predicted molar refractivity (Wildman–Crippen MR) is 59.6 cm³/mol. The zero-order chi connectivity index (χ0) is 9.97. The second-order valence-corrected chi connectivity index (χ2v) is 3.92. The van der Waals surface area contributed by atoms with Crippen LogP contribution in [0, 0.1) is 5.92 Å². The van der Waals surface area contributed by atoms with Gasteiger partial charge in [-0.25, -0.2) is 4.98 Å². The van der Waals surface area contributed by atoms with E-state index < -0.39 is 0 Å². The molecule has 1 saturated carbocycles. The maximum absolute atomic E-state index is 4.22. The van der Waals surface area contributed by atoms with Gasteiger partial charge < -0.3 is 10.6 Å². The summed E-state index contributed by atoms with van der Waals surface area (Å²) in [6.07, 6.45) is 3.13. The molecule has 2 N–H and O–H groups in total. The lowest BCUT2D eigenvalue weighted by Crippen LogP contribution is -2.05. The Labute approximate surface area is 84.9 Å². The zero-order valence-electron chi connectivity index (χ0n) is 8.75. The van der Waals surface area contributed by atoms with Crippen molar-refractivity contribution in [1.82, 2.24) is 4.98 Å². The molecule has 2 rings (SSSR count). The third-order valence-corrected chi connectivity index (χ3v) is 2.58. The number of hydrogen-bond acceptors (Lipinski definition) is 3. The molecule has 0 amide bonds. The van der Waals surface area contributed by atoms with Gasteiger partial charge in [0.1, 0.15) is 5.82 Å². The Morgan fingerprint density at radius 3 is 3.00 bits per heavy atom. The van der Waals surface area contributed by atoms with Crippen LogP contribution < -0.4 is 10.6 Å². The molecular weight excluding hydrogens is 174 g/mol. The van der Waals surface area contributed by atoms with Gasteiger partial charge in [0.05, 0.1) is 0 Å². The highest BCUT2D eigenvalue weighted by Crippen LogP contribution is 2.32. The second kappa shape index (κ2) is 3.86. The van der Waals surface area contributed by atoms with Crippen LogP contribution in [0.5, 0.6) is 0 Å². The first-order valence-corrected chi connectivity index (χ1v) is 5.26. The molecule has 1 fully saturated rings. The molecule has 1 aliphatic carbocycles. The van der Waals surface area contributed by atoms with Crippen molar-refractivity contribution in [2.24, 2.45) is 5.92 Å². The minimum absolute atomic E-state index is 0.673. The highest BCUT2D eigenvalue weighted by molar-refractivity contribution is 5.53. The number of rotatable bonds is 4. The molecular formula is C11H17N3. The van der Waals surface area contributed by atoms with Crippen molar-refractivity contribution in [3.63, 3.8) is 0 Å². The van der Waals surface area contributed by atoms with Crippen molar-refractivity contribution < 1.29 is 0 Å². The maximum atomic E-state index is 4.22. The highest BCUT2D eigenvalue weighted by Gasteiger charge is 2.32. The second-order valence-electron chi connectivity index (χ2n) is 3.92. The van der Waals surface area contributed by atoms with E-state index in [0.717, 1.165) is 18.3 Å². The summed E-state index contributed by atoms with van der Waals surface area (Å²) in [7, 11) is 0. The Hall–Kier alpha value is -1.25. The minimum atomic E-state index is 0.673. The molecule has 0 radical (unpaired) electrons. The van der Waals surface area contributed by atoms with Crippen LogP contribution in [0.15, 0.2) is 18.3 Å². The number of nitrogens with one attached hydrogen (secondary N) is 2. The van der Waals surface area contributed by atoms with Crippen LogP contribution in [0.4, 0.5) is 11.5 Å². The number of nitrogens with zero attached hydrogens (tertiary/aromatic N) is 1. The van der Waals surface area contributed by atoms with Gasteiger partial charge in [0, 0.05) is 30.5 Å². The summed E-state index contributed by atoms with van der Waals surface area (Å²) < 4.78 is 0. The number of anilines is 2. The normalized spacial score (nSPS) is 24.4. The molecule has 1 aromatic heterocycles. The van der Waals surface area contributed by atoms with Gasteiger partial charge in [0.25, 0.3) is 0 Å². The molecule has 3 heteroatoms. The van der Waals surface area contributed by atoms with Gasteiger partial charge in [-0.2, -0.15) is 0 Å². The fourth-order valence-corrected chi connectivity index (χ4v) is 1.54. The van der Waals surface area contributed by atoms with Crippen LogP contribution in [0.2, 0.25) is 0 Å². The molecule has 0 aliphatic heterocycles. The molecule has 2 atom stereocenters. The summed E-state index contributed by atoms with van der Waals surface area (Å²) in [5.74, 6) is 1.77. The average molecular weight is 191 g/mol. The molecule has 1 aliphatic rings. The van der Waals surface area contributed by atoms with Gasteiger partial charge in [0.2, 0.25) is 0 Å². The average Bonchev–Trinajstić information content (AvgIpc) is 2.83. The molecule has 3 nitrogen and oxygen atoms in total. The predicted octanol–water partition coefficient (Wildman–Crippen LogP) is 2.33. The third kappa shape index (κ3) is 2.16. The molecule has 0 bridgehead atoms. The summed E-state index contributed by atoms with van der Waals surface area (Å²) in [4.78, 5) is 4.22. The van der Waals surface area contributed by atoms with E-state index in [1.165, 1.54) is 12.1 Å². The van der Waals surface area contributed by atoms with Crippen LogP contribution >= 0.6 is 0 Å². The van der Waals surface area contributed by atoms with Gasteiger partial charge in [-0.1, -0.05) is 6.92 Å². The summed E-state index contributed by atoms with van der Waals surface area (Å²) in [6.45, 7) is 5.26. The van der Waals surface area contributed by atoms with Gasteiger partial charge in [-0.3, -0.25) is 0 Å². The van der Waals surface area contributed by atoms with Crippen LogP contribution in [-0.2, 0) is 0 Å². The molecule has 0 spiro atoms. The Bertz CT molecular complexity index is 311. The molecule has 1 heterocycles. The Morgan fingerprint density at radius 1 is 1.57 bits per heavy atom. The van der Waals surface area contributed by atoms with Crippen molar-refractivity contribution in [3.8, 4) is 0 Å². The van der Waals surface area contributed by atoms with E-state index in [4.69, 9.17) is 0 Å². The fraction of sp³-hybridized carbons (Fsp3) is 0.545. The van der Waals surface area contributed by atoms with Crippen molar-refractivity contribution >= 4 is 11.5 Å². The Kier molecular flexibility index (Phi) is 2.57. The SMILES string of the molecule is CCNc1cc(NC2CC2C)ccn1. The molecule has 2 unspecified atom stereocenters. The smallest absolute Gasteiger partial charge is 0.127 e. The first-order chi connectivity index (χ1) is 6.79. The van der Waals surface area contributed by atoms with E-state index >= 15 is 0 Å². The Balaban J connectivity index is 1.99. The van der Waals surface area contributed by atoms with Crippen molar-refractivity contribution in [2.75, 3.05) is 17.2 Å². The van der Waals surface area contributed by atoms with E-state index in [1.807, 2.05) is 12.3 Å². The number of pyridine rings is 1. The largest absolute Gasteiger partial charge is 0.382 e. The monoisotopic (exact) mass is 191 g/mol. The zero-order valence-corrected chi connectivity index (χ0v) is 8.75. The first-order valence-electron chi connectivity index (χ1n) is 5.26. The van der Waals surface area contributed by atoms with Crippen molar-refractivity contribution in [2.45, 2.75) is 26.3 Å². The van der Waals surface area contributed by atoms with Crippen molar-refractivity contribution in [1.29, 1.82) is 0 Å². The Morgan fingerprint density at radius 2 is 2.36 bits per heavy atom. The molecule has 76 valence electrons. The number of aromatic nitrogens is 1. The van der Waals surface area contributed by atoms with Crippen molar-refractivity contribution in [3.05, 3.63) is 18.3 Å². The van der Waals surface area contributed by atoms with E-state index in [2.05, 4.69) is 35.5 Å². The third-order valence-electron chi connectivity index (χ3n) is 2.58. The lowest BCUT2D eigenvalue weighted by Gasteiger charge is -2.07. The topological polar surface area (TPSA) is 37.0 Å². The summed E-state index contributed by atoms with van der Waals surface area (Å²) in [5, 5.41) is 6.69. The molecule has 1 aromatic rings. The van der Waals surface area contributed by atoms with Crippen LogP contribution in [0.3, 0.4) is 0 Å². The summed E-state index contributed by atoms with van der Waals surface area (Å²) >= 11 is 0. The van der Waals surface area contributed by atoms with Crippen LogP contribution in [0.1, 0.15) is 20.3 Å². The van der Waals surface area contributed by atoms with E-state index in [-0.39, 0.29) is 0 Å². The standard InChI is InChI=1S/C11H17N3/c1-3-12-11-7-9(4-5-13-11)14-10-6-8(10)2/h4-5,7-8,10H,3,6H2,1-2H3,(H2,12,13,14). The van der Waals surface area contributed by atoms with E-state index in [0.29, 0.717) is 6.04 Å². The lowest BCUT2D eigenvalue weighted by atomic mass is 10.3. The molecule has 0 aromatic carbocycles.